The van der Waals surface area contributed by atoms with Crippen LogP contribution in [0.1, 0.15) is 41.0 Å². The highest BCUT2D eigenvalue weighted by molar-refractivity contribution is 5.72. The molecule has 2 heterocycles. The van der Waals surface area contributed by atoms with Gasteiger partial charge in [-0.1, -0.05) is 20.8 Å². The van der Waals surface area contributed by atoms with Gasteiger partial charge in [-0.2, -0.15) is 0 Å². The van der Waals surface area contributed by atoms with Crippen molar-refractivity contribution in [1.82, 2.24) is 0 Å². The van der Waals surface area contributed by atoms with Gasteiger partial charge in [0.15, 0.2) is 5.79 Å². The predicted octanol–water partition coefficient (Wildman–Crippen LogP) is 2.36. The second-order valence-electron chi connectivity index (χ2n) is 6.27. The Morgan fingerprint density at radius 2 is 1.89 bits per heavy atom. The van der Waals surface area contributed by atoms with E-state index in [2.05, 4.69) is 20.8 Å². The van der Waals surface area contributed by atoms with Crippen LogP contribution >= 0.6 is 0 Å². The van der Waals surface area contributed by atoms with Gasteiger partial charge in [0.25, 0.3) is 0 Å². The lowest BCUT2D eigenvalue weighted by Crippen LogP contribution is -2.50. The molecule has 0 N–H and O–H groups in total. The smallest absolute Gasteiger partial charge is 0.306 e. The summed E-state index contributed by atoms with van der Waals surface area (Å²) in [6.45, 7) is 10.9. The first-order valence-corrected chi connectivity index (χ1v) is 6.81. The summed E-state index contributed by atoms with van der Waals surface area (Å²) in [4.78, 5) is 11.4. The summed E-state index contributed by atoms with van der Waals surface area (Å²) in [7, 11) is 0. The normalized spacial score (nSPS) is 41.5. The molecule has 2 fully saturated rings. The highest BCUT2D eigenvalue weighted by atomic mass is 16.7. The molecule has 0 spiro atoms. The van der Waals surface area contributed by atoms with Crippen LogP contribution in [0.25, 0.3) is 0 Å². The van der Waals surface area contributed by atoms with E-state index in [1.54, 1.807) is 0 Å². The van der Waals surface area contributed by atoms with Crippen molar-refractivity contribution in [1.29, 1.82) is 0 Å². The van der Waals surface area contributed by atoms with Crippen molar-refractivity contribution < 1.29 is 19.0 Å². The van der Waals surface area contributed by atoms with Crippen LogP contribution in [0.15, 0.2) is 0 Å². The molecule has 0 radical (unpaired) electrons. The first kappa shape index (κ1) is 13.8. The fraction of sp³-hybridized carbons (Fsp3) is 0.929. The average Bonchev–Trinajstić information content (AvgIpc) is 2.60. The standard InChI is InChI=1S/C14H24O4/c1-8-6-11(15)17-12(8)10(3)13-9(2)7-16-14(4,5)18-13/h8-10,12-13H,6-7H2,1-5H3/t8-,9+,10-,12+,13-/m0/s1. The number of carbonyl (C=O) groups excluding carboxylic acids is 1. The molecule has 2 saturated heterocycles. The summed E-state index contributed by atoms with van der Waals surface area (Å²) >= 11 is 0. The van der Waals surface area contributed by atoms with Gasteiger partial charge in [-0.05, 0) is 13.8 Å². The fourth-order valence-electron chi connectivity index (χ4n) is 3.04. The van der Waals surface area contributed by atoms with Crippen LogP contribution in [0.3, 0.4) is 0 Å². The number of esters is 1. The quantitative estimate of drug-likeness (QED) is 0.711. The number of cyclic esters (lactones) is 1. The summed E-state index contributed by atoms with van der Waals surface area (Å²) < 4.78 is 17.1. The largest absolute Gasteiger partial charge is 0.462 e. The Morgan fingerprint density at radius 3 is 2.44 bits per heavy atom. The minimum atomic E-state index is -0.544. The lowest BCUT2D eigenvalue weighted by atomic mass is 9.83. The van der Waals surface area contributed by atoms with E-state index in [1.807, 2.05) is 13.8 Å². The summed E-state index contributed by atoms with van der Waals surface area (Å²) in [5.74, 6) is 0.161. The van der Waals surface area contributed by atoms with E-state index in [0.29, 0.717) is 18.9 Å². The highest BCUT2D eigenvalue weighted by Gasteiger charge is 2.44. The maximum Gasteiger partial charge on any atom is 0.306 e. The van der Waals surface area contributed by atoms with Crippen LogP contribution in [0.2, 0.25) is 0 Å². The van der Waals surface area contributed by atoms with E-state index < -0.39 is 5.79 Å². The molecule has 0 aromatic carbocycles. The lowest BCUT2D eigenvalue weighted by molar-refractivity contribution is -0.304. The molecular weight excluding hydrogens is 232 g/mol. The summed E-state index contributed by atoms with van der Waals surface area (Å²) in [5.41, 5.74) is 0. The van der Waals surface area contributed by atoms with E-state index in [0.717, 1.165) is 0 Å². The summed E-state index contributed by atoms with van der Waals surface area (Å²) in [6.07, 6.45) is 0.571. The van der Waals surface area contributed by atoms with Gasteiger partial charge in [0, 0.05) is 17.8 Å². The van der Waals surface area contributed by atoms with Crippen LogP contribution in [0.4, 0.5) is 0 Å². The van der Waals surface area contributed by atoms with Crippen LogP contribution in [0, 0.1) is 17.8 Å². The monoisotopic (exact) mass is 256 g/mol. The molecule has 0 amide bonds. The molecule has 0 aromatic heterocycles. The lowest BCUT2D eigenvalue weighted by Gasteiger charge is -2.43. The zero-order valence-corrected chi connectivity index (χ0v) is 11.9. The third-order valence-corrected chi connectivity index (χ3v) is 4.03. The Bertz CT molecular complexity index is 326. The Hall–Kier alpha value is -0.610. The minimum Gasteiger partial charge on any atom is -0.462 e. The fourth-order valence-corrected chi connectivity index (χ4v) is 3.04. The van der Waals surface area contributed by atoms with Crippen molar-refractivity contribution in [3.05, 3.63) is 0 Å². The number of rotatable bonds is 2. The second kappa shape index (κ2) is 4.82. The van der Waals surface area contributed by atoms with Crippen molar-refractivity contribution in [2.45, 2.75) is 59.0 Å². The summed E-state index contributed by atoms with van der Waals surface area (Å²) in [6, 6.07) is 0. The number of hydrogen-bond donors (Lipinski definition) is 0. The maximum absolute atomic E-state index is 11.4. The van der Waals surface area contributed by atoms with Gasteiger partial charge in [0.1, 0.15) is 6.10 Å². The molecular formula is C14H24O4. The Balaban J connectivity index is 2.07. The minimum absolute atomic E-state index is 0.0288. The van der Waals surface area contributed by atoms with Crippen molar-refractivity contribution in [2.24, 2.45) is 17.8 Å². The van der Waals surface area contributed by atoms with Crippen molar-refractivity contribution >= 4 is 5.97 Å². The van der Waals surface area contributed by atoms with Crippen LogP contribution < -0.4 is 0 Å². The van der Waals surface area contributed by atoms with Gasteiger partial charge < -0.3 is 14.2 Å². The van der Waals surface area contributed by atoms with Crippen LogP contribution in [-0.4, -0.2) is 30.6 Å². The molecule has 18 heavy (non-hydrogen) atoms. The van der Waals surface area contributed by atoms with Crippen LogP contribution in [-0.2, 0) is 19.0 Å². The molecule has 5 atom stereocenters. The first-order valence-electron chi connectivity index (χ1n) is 6.81. The first-order chi connectivity index (χ1) is 8.30. The number of hydrogen-bond acceptors (Lipinski definition) is 4. The molecule has 2 rings (SSSR count). The molecule has 2 aliphatic heterocycles. The molecule has 0 unspecified atom stereocenters. The Morgan fingerprint density at radius 1 is 1.22 bits per heavy atom. The van der Waals surface area contributed by atoms with Gasteiger partial charge in [-0.15, -0.1) is 0 Å². The zero-order chi connectivity index (χ0) is 13.5. The van der Waals surface area contributed by atoms with Crippen molar-refractivity contribution in [3.63, 3.8) is 0 Å². The van der Waals surface area contributed by atoms with Gasteiger partial charge >= 0.3 is 5.97 Å². The average molecular weight is 256 g/mol. The van der Waals surface area contributed by atoms with E-state index in [-0.39, 0.29) is 30.0 Å². The van der Waals surface area contributed by atoms with E-state index >= 15 is 0 Å². The highest BCUT2D eigenvalue weighted by Crippen LogP contribution is 2.36. The molecule has 0 aliphatic carbocycles. The van der Waals surface area contributed by atoms with E-state index in [4.69, 9.17) is 14.2 Å². The molecule has 0 aromatic rings. The molecule has 2 aliphatic rings. The van der Waals surface area contributed by atoms with Gasteiger partial charge in [0.2, 0.25) is 0 Å². The molecule has 104 valence electrons. The predicted molar refractivity (Wildman–Crippen MR) is 66.9 cm³/mol. The molecule has 0 saturated carbocycles. The zero-order valence-electron chi connectivity index (χ0n) is 11.9. The van der Waals surface area contributed by atoms with Gasteiger partial charge in [-0.3, -0.25) is 4.79 Å². The van der Waals surface area contributed by atoms with E-state index in [1.165, 1.54) is 0 Å². The van der Waals surface area contributed by atoms with Crippen molar-refractivity contribution in [3.8, 4) is 0 Å². The van der Waals surface area contributed by atoms with Gasteiger partial charge in [0.05, 0.1) is 19.1 Å². The maximum atomic E-state index is 11.4. The summed E-state index contributed by atoms with van der Waals surface area (Å²) in [5, 5.41) is 0. The van der Waals surface area contributed by atoms with Gasteiger partial charge in [-0.25, -0.2) is 0 Å². The molecule has 4 nitrogen and oxygen atoms in total. The molecule has 0 bridgehead atoms. The topological polar surface area (TPSA) is 44.8 Å². The van der Waals surface area contributed by atoms with E-state index in [9.17, 15) is 4.79 Å². The Labute approximate surface area is 109 Å². The number of ether oxygens (including phenoxy) is 3. The molecule has 4 heteroatoms. The van der Waals surface area contributed by atoms with Crippen LogP contribution in [0.5, 0.6) is 0 Å². The van der Waals surface area contributed by atoms with Crippen molar-refractivity contribution in [2.75, 3.05) is 6.61 Å². The second-order valence-corrected chi connectivity index (χ2v) is 6.27. The number of carbonyl (C=O) groups is 1. The third kappa shape index (κ3) is 2.69. The SMILES string of the molecule is C[C@H]([C@H]1OC(C)(C)OC[C@H]1C)[C@@H]1OC(=O)C[C@@H]1C. The third-order valence-electron chi connectivity index (χ3n) is 4.03. The Kier molecular flexibility index (Phi) is 3.70.